The fourth-order valence-electron chi connectivity index (χ4n) is 3.38. The van der Waals surface area contributed by atoms with Crippen molar-refractivity contribution >= 4 is 11.6 Å². The van der Waals surface area contributed by atoms with E-state index in [-0.39, 0.29) is 21.1 Å². The standard InChI is InChI=1S/C13H27Cl/c1-10(2,3)13(14,11(4,5)6)12(7,8)9/h1-9H3. The molecule has 0 N–H and O–H groups in total. The molecule has 0 atom stereocenters. The lowest BCUT2D eigenvalue weighted by molar-refractivity contribution is 0.0339. The van der Waals surface area contributed by atoms with Crippen LogP contribution in [0.3, 0.4) is 0 Å². The van der Waals surface area contributed by atoms with E-state index < -0.39 is 0 Å². The van der Waals surface area contributed by atoms with Gasteiger partial charge >= 0.3 is 0 Å². The first kappa shape index (κ1) is 14.3. The second-order valence-corrected chi connectivity index (χ2v) is 7.98. The van der Waals surface area contributed by atoms with Gasteiger partial charge in [0, 0.05) is 0 Å². The van der Waals surface area contributed by atoms with E-state index in [1.165, 1.54) is 0 Å². The molecule has 0 nitrogen and oxygen atoms in total. The average molecular weight is 219 g/mol. The van der Waals surface area contributed by atoms with E-state index in [1.807, 2.05) is 0 Å². The van der Waals surface area contributed by atoms with Gasteiger partial charge in [0.15, 0.2) is 0 Å². The minimum atomic E-state index is -0.215. The number of hydrogen-bond donors (Lipinski definition) is 0. The smallest absolute Gasteiger partial charge is 0.0591 e. The van der Waals surface area contributed by atoms with Crippen LogP contribution < -0.4 is 0 Å². The monoisotopic (exact) mass is 218 g/mol. The Bertz CT molecular complexity index is 159. The first-order valence-electron chi connectivity index (χ1n) is 5.44. The van der Waals surface area contributed by atoms with Crippen LogP contribution in [0.15, 0.2) is 0 Å². The third kappa shape index (κ3) is 2.10. The van der Waals surface area contributed by atoms with E-state index in [9.17, 15) is 0 Å². The topological polar surface area (TPSA) is 0 Å². The molecule has 0 aromatic heterocycles. The number of rotatable bonds is 0. The number of hydrogen-bond acceptors (Lipinski definition) is 0. The van der Waals surface area contributed by atoms with Crippen molar-refractivity contribution in [2.24, 2.45) is 16.2 Å². The number of halogens is 1. The molecule has 0 saturated carbocycles. The fourth-order valence-corrected chi connectivity index (χ4v) is 3.38. The lowest BCUT2D eigenvalue weighted by atomic mass is 9.55. The zero-order valence-electron chi connectivity index (χ0n) is 11.4. The molecule has 0 aromatic rings. The average Bonchev–Trinajstić information content (AvgIpc) is 1.77. The minimum absolute atomic E-state index is 0.0883. The summed E-state index contributed by atoms with van der Waals surface area (Å²) in [4.78, 5) is -0.215. The lowest BCUT2D eigenvalue weighted by Gasteiger charge is -2.56. The molecule has 0 aliphatic rings. The highest BCUT2D eigenvalue weighted by atomic mass is 35.5. The quantitative estimate of drug-likeness (QED) is 0.496. The molecule has 0 aliphatic carbocycles. The van der Waals surface area contributed by atoms with Crippen LogP contribution in [0, 0.1) is 16.2 Å². The van der Waals surface area contributed by atoms with Crippen molar-refractivity contribution in [3.05, 3.63) is 0 Å². The summed E-state index contributed by atoms with van der Waals surface area (Å²) in [7, 11) is 0. The van der Waals surface area contributed by atoms with Gasteiger partial charge in [-0.3, -0.25) is 0 Å². The molecule has 0 spiro atoms. The Morgan fingerprint density at radius 3 is 0.643 bits per heavy atom. The third-order valence-electron chi connectivity index (χ3n) is 3.10. The van der Waals surface area contributed by atoms with Gasteiger partial charge in [0.05, 0.1) is 4.87 Å². The molecule has 0 aliphatic heterocycles. The zero-order chi connectivity index (χ0) is 12.0. The molecule has 0 saturated heterocycles. The molecule has 0 fully saturated rings. The van der Waals surface area contributed by atoms with Crippen molar-refractivity contribution in [2.75, 3.05) is 0 Å². The third-order valence-corrected chi connectivity index (χ3v) is 4.80. The maximum Gasteiger partial charge on any atom is 0.0591 e. The van der Waals surface area contributed by atoms with Crippen LogP contribution in [-0.4, -0.2) is 4.87 Å². The molecular formula is C13H27Cl. The first-order valence-corrected chi connectivity index (χ1v) is 5.82. The van der Waals surface area contributed by atoms with Crippen LogP contribution in [0.2, 0.25) is 0 Å². The van der Waals surface area contributed by atoms with Gasteiger partial charge in [0.25, 0.3) is 0 Å². The van der Waals surface area contributed by atoms with E-state index in [4.69, 9.17) is 11.6 Å². The maximum absolute atomic E-state index is 6.97. The number of alkyl halides is 1. The Hall–Kier alpha value is 0.290. The predicted molar refractivity (Wildman–Crippen MR) is 66.9 cm³/mol. The highest BCUT2D eigenvalue weighted by Crippen LogP contribution is 2.58. The van der Waals surface area contributed by atoms with Gasteiger partial charge in [-0.25, -0.2) is 0 Å². The first-order chi connectivity index (χ1) is 5.75. The zero-order valence-corrected chi connectivity index (χ0v) is 12.1. The van der Waals surface area contributed by atoms with Gasteiger partial charge in [-0.05, 0) is 16.2 Å². The van der Waals surface area contributed by atoms with Crippen LogP contribution in [-0.2, 0) is 0 Å². The van der Waals surface area contributed by atoms with Gasteiger partial charge in [0.1, 0.15) is 0 Å². The van der Waals surface area contributed by atoms with Gasteiger partial charge in [-0.15, -0.1) is 11.6 Å². The van der Waals surface area contributed by atoms with Crippen molar-refractivity contribution in [3.8, 4) is 0 Å². The van der Waals surface area contributed by atoms with Gasteiger partial charge in [0.2, 0.25) is 0 Å². The van der Waals surface area contributed by atoms with E-state index in [2.05, 4.69) is 62.3 Å². The molecule has 0 unspecified atom stereocenters. The highest BCUT2D eigenvalue weighted by molar-refractivity contribution is 6.25. The summed E-state index contributed by atoms with van der Waals surface area (Å²) in [5.41, 5.74) is 0.265. The Labute approximate surface area is 95.4 Å². The van der Waals surface area contributed by atoms with E-state index >= 15 is 0 Å². The molecular weight excluding hydrogens is 192 g/mol. The van der Waals surface area contributed by atoms with E-state index in [1.54, 1.807) is 0 Å². The van der Waals surface area contributed by atoms with Gasteiger partial charge < -0.3 is 0 Å². The summed E-state index contributed by atoms with van der Waals surface area (Å²) in [6, 6.07) is 0. The predicted octanol–water partition coefficient (Wildman–Crippen LogP) is 5.10. The Morgan fingerprint density at radius 2 is 0.643 bits per heavy atom. The molecule has 0 rings (SSSR count). The summed E-state index contributed by atoms with van der Waals surface area (Å²) in [6.07, 6.45) is 0. The molecule has 86 valence electrons. The van der Waals surface area contributed by atoms with Gasteiger partial charge in [-0.1, -0.05) is 62.3 Å². The van der Waals surface area contributed by atoms with Crippen molar-refractivity contribution in [3.63, 3.8) is 0 Å². The molecule has 0 heterocycles. The summed E-state index contributed by atoms with van der Waals surface area (Å²) >= 11 is 6.97. The Kier molecular flexibility index (Phi) is 3.47. The van der Waals surface area contributed by atoms with Crippen LogP contribution in [0.5, 0.6) is 0 Å². The highest BCUT2D eigenvalue weighted by Gasteiger charge is 2.56. The van der Waals surface area contributed by atoms with E-state index in [0.717, 1.165) is 0 Å². The molecule has 14 heavy (non-hydrogen) atoms. The van der Waals surface area contributed by atoms with Crippen LogP contribution in [0.4, 0.5) is 0 Å². The molecule has 1 heteroatoms. The molecule has 0 bridgehead atoms. The van der Waals surface area contributed by atoms with Crippen LogP contribution >= 0.6 is 11.6 Å². The second kappa shape index (κ2) is 3.40. The summed E-state index contributed by atoms with van der Waals surface area (Å²) < 4.78 is 0. The van der Waals surface area contributed by atoms with Crippen molar-refractivity contribution in [1.29, 1.82) is 0 Å². The van der Waals surface area contributed by atoms with Crippen molar-refractivity contribution in [2.45, 2.75) is 67.2 Å². The Balaban J connectivity index is 5.54. The van der Waals surface area contributed by atoms with Crippen molar-refractivity contribution < 1.29 is 0 Å². The van der Waals surface area contributed by atoms with E-state index in [0.29, 0.717) is 0 Å². The summed E-state index contributed by atoms with van der Waals surface area (Å²) in [6.45, 7) is 20.1. The summed E-state index contributed by atoms with van der Waals surface area (Å²) in [5.74, 6) is 0. The molecule has 0 aromatic carbocycles. The summed E-state index contributed by atoms with van der Waals surface area (Å²) in [5, 5.41) is 0. The van der Waals surface area contributed by atoms with Crippen LogP contribution in [0.1, 0.15) is 62.3 Å². The molecule has 0 amide bonds. The lowest BCUT2D eigenvalue weighted by Crippen LogP contribution is -2.56. The SMILES string of the molecule is CC(C)(C)C(Cl)(C(C)(C)C)C(C)(C)C. The van der Waals surface area contributed by atoms with Crippen LogP contribution in [0.25, 0.3) is 0 Å². The second-order valence-electron chi connectivity index (χ2n) is 7.41. The molecule has 0 radical (unpaired) electrons. The van der Waals surface area contributed by atoms with Gasteiger partial charge in [-0.2, -0.15) is 0 Å². The van der Waals surface area contributed by atoms with Crippen molar-refractivity contribution in [1.82, 2.24) is 0 Å². The minimum Gasteiger partial charge on any atom is -0.118 e. The fraction of sp³-hybridized carbons (Fsp3) is 1.00. The largest absolute Gasteiger partial charge is 0.118 e. The normalized spacial score (nSPS) is 15.9. The maximum atomic E-state index is 6.97. The Morgan fingerprint density at radius 1 is 0.500 bits per heavy atom.